The Morgan fingerprint density at radius 1 is 1.55 bits per heavy atom. The number of amides is 1. The zero-order chi connectivity index (χ0) is 16.2. The van der Waals surface area contributed by atoms with Crippen LogP contribution in [-0.4, -0.2) is 61.0 Å². The molecule has 9 heteroatoms. The van der Waals surface area contributed by atoms with Crippen LogP contribution in [0.1, 0.15) is 19.3 Å². The van der Waals surface area contributed by atoms with Gasteiger partial charge in [0.25, 0.3) is 0 Å². The van der Waals surface area contributed by atoms with Crippen molar-refractivity contribution >= 4 is 21.6 Å². The van der Waals surface area contributed by atoms with Gasteiger partial charge in [0.2, 0.25) is 15.9 Å². The minimum Gasteiger partial charge on any atom is -0.376 e. The molecule has 0 unspecified atom stereocenters. The van der Waals surface area contributed by atoms with E-state index in [1.54, 1.807) is 17.1 Å². The van der Waals surface area contributed by atoms with Crippen molar-refractivity contribution in [3.8, 4) is 0 Å². The molecule has 1 saturated heterocycles. The lowest BCUT2D eigenvalue weighted by atomic mass is 10.1. The summed E-state index contributed by atoms with van der Waals surface area (Å²) in [6.07, 6.45) is 7.76. The Labute approximate surface area is 130 Å². The third-order valence-corrected chi connectivity index (χ3v) is 4.78. The molecular formula is C13H22N4O4S. The molecular weight excluding hydrogens is 308 g/mol. The van der Waals surface area contributed by atoms with E-state index in [1.165, 1.54) is 7.05 Å². The van der Waals surface area contributed by atoms with Crippen molar-refractivity contribution in [3.63, 3.8) is 0 Å². The molecule has 0 radical (unpaired) electrons. The number of hydrogen-bond donors (Lipinski definition) is 1. The fraction of sp³-hybridized carbons (Fsp3) is 0.692. The van der Waals surface area contributed by atoms with E-state index in [0.717, 1.165) is 36.4 Å². The molecule has 124 valence electrons. The molecule has 0 bridgehead atoms. The van der Waals surface area contributed by atoms with Gasteiger partial charge < -0.3 is 10.1 Å². The highest BCUT2D eigenvalue weighted by molar-refractivity contribution is 7.88. The number of sulfonamides is 1. The van der Waals surface area contributed by atoms with Crippen LogP contribution >= 0.6 is 0 Å². The Kier molecular flexibility index (Phi) is 5.54. The quantitative estimate of drug-likeness (QED) is 0.809. The van der Waals surface area contributed by atoms with Gasteiger partial charge in [0, 0.05) is 19.9 Å². The number of hydrogen-bond acceptors (Lipinski definition) is 5. The average Bonchev–Trinajstić information content (AvgIpc) is 2.85. The van der Waals surface area contributed by atoms with Crippen LogP contribution in [0.25, 0.3) is 0 Å². The van der Waals surface area contributed by atoms with E-state index in [-0.39, 0.29) is 12.6 Å². The van der Waals surface area contributed by atoms with Gasteiger partial charge in [-0.2, -0.15) is 9.40 Å². The maximum absolute atomic E-state index is 11.8. The smallest absolute Gasteiger partial charge is 0.239 e. The molecule has 2 heterocycles. The molecule has 1 fully saturated rings. The van der Waals surface area contributed by atoms with Gasteiger partial charge in [0.15, 0.2) is 0 Å². The van der Waals surface area contributed by atoms with Crippen molar-refractivity contribution in [1.29, 1.82) is 0 Å². The molecule has 8 nitrogen and oxygen atoms in total. The molecule has 1 aromatic rings. The van der Waals surface area contributed by atoms with Crippen LogP contribution < -0.4 is 5.32 Å². The molecule has 0 aromatic carbocycles. The summed E-state index contributed by atoms with van der Waals surface area (Å²) in [7, 11) is -2.01. The van der Waals surface area contributed by atoms with Crippen LogP contribution in [0, 0.1) is 0 Å². The third kappa shape index (κ3) is 5.08. The lowest BCUT2D eigenvalue weighted by molar-refractivity contribution is -0.116. The van der Waals surface area contributed by atoms with Gasteiger partial charge in [-0.3, -0.25) is 9.48 Å². The van der Waals surface area contributed by atoms with Crippen molar-refractivity contribution in [2.24, 2.45) is 0 Å². The SMILES string of the molecule is CN(CC(=O)Nc1cnn(C[C@@H]2CCCCO2)c1)S(C)(=O)=O. The predicted octanol–water partition coefficient (Wildman–Crippen LogP) is 0.282. The summed E-state index contributed by atoms with van der Waals surface area (Å²) < 4.78 is 30.9. The third-order valence-electron chi connectivity index (χ3n) is 3.51. The van der Waals surface area contributed by atoms with E-state index < -0.39 is 15.9 Å². The Morgan fingerprint density at radius 2 is 2.32 bits per heavy atom. The van der Waals surface area contributed by atoms with Crippen molar-refractivity contribution < 1.29 is 17.9 Å². The second-order valence-corrected chi connectivity index (χ2v) is 7.60. The van der Waals surface area contributed by atoms with E-state index in [4.69, 9.17) is 4.74 Å². The number of carbonyl (C=O) groups excluding carboxylic acids is 1. The Hall–Kier alpha value is -1.45. The Balaban J connectivity index is 1.84. The highest BCUT2D eigenvalue weighted by Gasteiger charge is 2.17. The van der Waals surface area contributed by atoms with Gasteiger partial charge in [-0.25, -0.2) is 8.42 Å². The van der Waals surface area contributed by atoms with Crippen LogP contribution in [0.5, 0.6) is 0 Å². The molecule has 1 aliphatic rings. The standard InChI is InChI=1S/C13H22N4O4S/c1-16(22(2,19)20)10-13(18)15-11-7-14-17(8-11)9-12-5-3-4-6-21-12/h7-8,12H,3-6,9-10H2,1-2H3,(H,15,18)/t12-/m0/s1. The summed E-state index contributed by atoms with van der Waals surface area (Å²) in [6.45, 7) is 1.21. The first kappa shape index (κ1) is 16.9. The number of anilines is 1. The first-order valence-corrected chi connectivity index (χ1v) is 9.04. The molecule has 2 rings (SSSR count). The number of likely N-dealkylation sites (N-methyl/N-ethyl adjacent to an activating group) is 1. The molecule has 0 aliphatic carbocycles. The maximum Gasteiger partial charge on any atom is 0.239 e. The summed E-state index contributed by atoms with van der Waals surface area (Å²) in [6, 6.07) is 0. The van der Waals surface area contributed by atoms with Crippen LogP contribution in [0.4, 0.5) is 5.69 Å². The maximum atomic E-state index is 11.8. The van der Waals surface area contributed by atoms with Gasteiger partial charge in [-0.05, 0) is 19.3 Å². The fourth-order valence-electron chi connectivity index (χ4n) is 2.21. The van der Waals surface area contributed by atoms with Crippen molar-refractivity contribution in [2.45, 2.75) is 31.9 Å². The van der Waals surface area contributed by atoms with E-state index in [2.05, 4.69) is 10.4 Å². The van der Waals surface area contributed by atoms with E-state index in [9.17, 15) is 13.2 Å². The number of ether oxygens (including phenoxy) is 1. The normalized spacial score (nSPS) is 19.3. The van der Waals surface area contributed by atoms with Gasteiger partial charge in [0.1, 0.15) is 0 Å². The van der Waals surface area contributed by atoms with Crippen LogP contribution in [0.15, 0.2) is 12.4 Å². The highest BCUT2D eigenvalue weighted by Crippen LogP contribution is 2.15. The Bertz CT molecular complexity index is 607. The number of nitrogens with one attached hydrogen (secondary N) is 1. The van der Waals surface area contributed by atoms with Crippen LogP contribution in [0.2, 0.25) is 0 Å². The van der Waals surface area contributed by atoms with Gasteiger partial charge in [-0.1, -0.05) is 0 Å². The number of nitrogens with zero attached hydrogens (tertiary/aromatic N) is 3. The first-order valence-electron chi connectivity index (χ1n) is 7.20. The largest absolute Gasteiger partial charge is 0.376 e. The minimum absolute atomic E-state index is 0.161. The summed E-state index contributed by atoms with van der Waals surface area (Å²) >= 11 is 0. The van der Waals surface area contributed by atoms with Gasteiger partial charge >= 0.3 is 0 Å². The van der Waals surface area contributed by atoms with Gasteiger partial charge in [-0.15, -0.1) is 0 Å². The number of rotatable bonds is 6. The van der Waals surface area contributed by atoms with Gasteiger partial charge in [0.05, 0.1) is 37.3 Å². The number of carbonyl (C=O) groups is 1. The summed E-state index contributed by atoms with van der Waals surface area (Å²) in [4.78, 5) is 11.8. The zero-order valence-corrected chi connectivity index (χ0v) is 13.7. The van der Waals surface area contributed by atoms with Crippen molar-refractivity contribution in [2.75, 3.05) is 31.8 Å². The summed E-state index contributed by atoms with van der Waals surface area (Å²) in [5.41, 5.74) is 0.544. The second-order valence-electron chi connectivity index (χ2n) is 5.51. The van der Waals surface area contributed by atoms with Crippen molar-refractivity contribution in [1.82, 2.24) is 14.1 Å². The molecule has 1 amide bonds. The first-order chi connectivity index (χ1) is 10.3. The van der Waals surface area contributed by atoms with Crippen LogP contribution in [-0.2, 0) is 26.1 Å². The lowest BCUT2D eigenvalue weighted by Crippen LogP contribution is -2.34. The molecule has 1 aromatic heterocycles. The zero-order valence-electron chi connectivity index (χ0n) is 12.9. The number of aromatic nitrogens is 2. The second kappa shape index (κ2) is 7.21. The van der Waals surface area contributed by atoms with Crippen molar-refractivity contribution in [3.05, 3.63) is 12.4 Å². The monoisotopic (exact) mass is 330 g/mol. The molecule has 22 heavy (non-hydrogen) atoms. The topological polar surface area (TPSA) is 93.5 Å². The average molecular weight is 330 g/mol. The molecule has 1 aliphatic heterocycles. The lowest BCUT2D eigenvalue weighted by Gasteiger charge is -2.22. The van der Waals surface area contributed by atoms with Crippen LogP contribution in [0.3, 0.4) is 0 Å². The molecule has 1 atom stereocenters. The van der Waals surface area contributed by atoms with E-state index >= 15 is 0 Å². The molecule has 0 spiro atoms. The summed E-state index contributed by atoms with van der Waals surface area (Å²) in [5, 5.41) is 6.81. The highest BCUT2D eigenvalue weighted by atomic mass is 32.2. The molecule has 1 N–H and O–H groups in total. The predicted molar refractivity (Wildman–Crippen MR) is 81.9 cm³/mol. The fourth-order valence-corrected chi connectivity index (χ4v) is 2.56. The minimum atomic E-state index is -3.37. The molecule has 0 saturated carbocycles. The Morgan fingerprint density at radius 3 is 2.95 bits per heavy atom. The summed E-state index contributed by atoms with van der Waals surface area (Å²) in [5.74, 6) is -0.401. The van der Waals surface area contributed by atoms with E-state index in [0.29, 0.717) is 12.2 Å². The van der Waals surface area contributed by atoms with E-state index in [1.807, 2.05) is 0 Å².